The van der Waals surface area contributed by atoms with Crippen molar-refractivity contribution in [1.82, 2.24) is 4.90 Å². The van der Waals surface area contributed by atoms with E-state index in [0.717, 1.165) is 31.7 Å². The Morgan fingerprint density at radius 2 is 2.25 bits per heavy atom. The highest BCUT2D eigenvalue weighted by Crippen LogP contribution is 2.44. The van der Waals surface area contributed by atoms with Gasteiger partial charge < -0.3 is 15.5 Å². The second-order valence-electron chi connectivity index (χ2n) is 6.13. The molecule has 0 aromatic heterocycles. The molecule has 4 rings (SSSR count). The summed E-state index contributed by atoms with van der Waals surface area (Å²) >= 11 is 0. The van der Waals surface area contributed by atoms with Gasteiger partial charge in [-0.15, -0.1) is 0 Å². The Labute approximate surface area is 118 Å². The van der Waals surface area contributed by atoms with Gasteiger partial charge in [0.15, 0.2) is 5.96 Å². The quantitative estimate of drug-likeness (QED) is 0.842. The fraction of sp³-hybridized carbons (Fsp3) is 0.533. The summed E-state index contributed by atoms with van der Waals surface area (Å²) in [6.07, 6.45) is 2.24. The monoisotopic (exact) mass is 274 g/mol. The van der Waals surface area contributed by atoms with Gasteiger partial charge in [0, 0.05) is 18.8 Å². The summed E-state index contributed by atoms with van der Waals surface area (Å²) in [6.45, 7) is 4.12. The lowest BCUT2D eigenvalue weighted by atomic mass is 9.77. The third kappa shape index (κ3) is 1.59. The van der Waals surface area contributed by atoms with Crippen LogP contribution in [0.15, 0.2) is 29.3 Å². The summed E-state index contributed by atoms with van der Waals surface area (Å²) in [5, 5.41) is 0. The zero-order chi connectivity index (χ0) is 13.7. The maximum absolute atomic E-state index is 13.6. The zero-order valence-corrected chi connectivity index (χ0v) is 11.4. The predicted octanol–water partition coefficient (Wildman–Crippen LogP) is 1.42. The Morgan fingerprint density at radius 1 is 1.35 bits per heavy atom. The highest BCUT2D eigenvalue weighted by Gasteiger charge is 2.53. The molecule has 1 aromatic carbocycles. The Bertz CT molecular complexity index is 573. The highest BCUT2D eigenvalue weighted by molar-refractivity contribution is 5.98. The lowest BCUT2D eigenvalue weighted by molar-refractivity contribution is 0.182. The topological polar surface area (TPSA) is 44.9 Å². The minimum atomic E-state index is -0.221. The van der Waals surface area contributed by atoms with Crippen molar-refractivity contribution < 1.29 is 4.39 Å². The molecule has 1 aromatic rings. The number of fused-ring (bicyclic) bond motifs is 3. The Hall–Kier alpha value is -1.62. The van der Waals surface area contributed by atoms with E-state index in [1.165, 1.54) is 19.0 Å². The van der Waals surface area contributed by atoms with Gasteiger partial charge in [0.1, 0.15) is 5.82 Å². The molecule has 3 atom stereocenters. The molecule has 3 aliphatic rings. The van der Waals surface area contributed by atoms with E-state index in [4.69, 9.17) is 5.73 Å². The summed E-state index contributed by atoms with van der Waals surface area (Å²) in [5.74, 6) is 0.890. The molecular formula is C15H19FN4. The van der Waals surface area contributed by atoms with Crippen molar-refractivity contribution in [3.8, 4) is 0 Å². The summed E-state index contributed by atoms with van der Waals surface area (Å²) in [7, 11) is 0. The molecule has 2 N–H and O–H groups in total. The first-order valence-corrected chi connectivity index (χ1v) is 7.27. The van der Waals surface area contributed by atoms with E-state index in [1.54, 1.807) is 12.1 Å². The van der Waals surface area contributed by atoms with Crippen molar-refractivity contribution >= 4 is 11.6 Å². The van der Waals surface area contributed by atoms with Crippen LogP contribution < -0.4 is 10.6 Å². The van der Waals surface area contributed by atoms with Gasteiger partial charge in [-0.05, 0) is 43.5 Å². The molecule has 2 fully saturated rings. The second kappa shape index (κ2) is 4.19. The third-order valence-electron chi connectivity index (χ3n) is 5.15. The zero-order valence-electron chi connectivity index (χ0n) is 11.4. The first kappa shape index (κ1) is 12.1. The third-order valence-corrected chi connectivity index (χ3v) is 5.15. The number of halogens is 1. The summed E-state index contributed by atoms with van der Waals surface area (Å²) in [5.41, 5.74) is 6.94. The van der Waals surface area contributed by atoms with E-state index >= 15 is 0 Å². The molecule has 4 nitrogen and oxygen atoms in total. The molecule has 106 valence electrons. The van der Waals surface area contributed by atoms with Gasteiger partial charge in [-0.3, -0.25) is 4.99 Å². The summed E-state index contributed by atoms with van der Waals surface area (Å²) < 4.78 is 13.6. The van der Waals surface area contributed by atoms with Gasteiger partial charge >= 0.3 is 0 Å². The molecule has 5 heteroatoms. The van der Waals surface area contributed by atoms with Crippen LogP contribution in [0.5, 0.6) is 0 Å². The number of piperidine rings is 1. The van der Waals surface area contributed by atoms with E-state index in [1.807, 2.05) is 6.07 Å². The van der Waals surface area contributed by atoms with E-state index < -0.39 is 0 Å². The van der Waals surface area contributed by atoms with Gasteiger partial charge in [-0.25, -0.2) is 4.39 Å². The Kier molecular flexibility index (Phi) is 2.54. The van der Waals surface area contributed by atoms with Crippen LogP contribution in [-0.4, -0.2) is 42.6 Å². The molecule has 3 unspecified atom stereocenters. The van der Waals surface area contributed by atoms with Crippen molar-refractivity contribution in [2.75, 3.05) is 31.1 Å². The van der Waals surface area contributed by atoms with Gasteiger partial charge in [-0.2, -0.15) is 0 Å². The van der Waals surface area contributed by atoms with E-state index in [9.17, 15) is 4.39 Å². The summed E-state index contributed by atoms with van der Waals surface area (Å²) in [4.78, 5) is 9.11. The average Bonchev–Trinajstić information content (AvgIpc) is 2.98. The smallest absolute Gasteiger partial charge is 0.196 e. The molecule has 3 heterocycles. The van der Waals surface area contributed by atoms with E-state index in [2.05, 4.69) is 14.8 Å². The fourth-order valence-electron chi connectivity index (χ4n) is 4.12. The first-order valence-electron chi connectivity index (χ1n) is 7.27. The minimum absolute atomic E-state index is 0.0368. The molecule has 0 saturated carbocycles. The summed E-state index contributed by atoms with van der Waals surface area (Å²) in [6, 6.07) is 6.71. The SMILES string of the molecule is NC1=NCC2(CCN3CCC2C3)N1c1cccc(F)c1. The van der Waals surface area contributed by atoms with E-state index in [0.29, 0.717) is 11.9 Å². The molecule has 0 radical (unpaired) electrons. The van der Waals surface area contributed by atoms with Crippen LogP contribution in [0.1, 0.15) is 12.8 Å². The van der Waals surface area contributed by atoms with Crippen molar-refractivity contribution in [1.29, 1.82) is 0 Å². The second-order valence-corrected chi connectivity index (χ2v) is 6.13. The molecule has 3 aliphatic heterocycles. The van der Waals surface area contributed by atoms with Crippen LogP contribution in [0.25, 0.3) is 0 Å². The van der Waals surface area contributed by atoms with Gasteiger partial charge in [0.05, 0.1) is 12.1 Å². The molecule has 2 bridgehead atoms. The molecule has 20 heavy (non-hydrogen) atoms. The maximum Gasteiger partial charge on any atom is 0.196 e. The number of guanidine groups is 1. The lowest BCUT2D eigenvalue weighted by Crippen LogP contribution is -2.60. The van der Waals surface area contributed by atoms with Crippen LogP contribution in [0.3, 0.4) is 0 Å². The number of nitrogens with two attached hydrogens (primary N) is 1. The number of anilines is 1. The number of benzene rings is 1. The van der Waals surface area contributed by atoms with Crippen molar-refractivity contribution in [2.45, 2.75) is 18.4 Å². The molecule has 2 saturated heterocycles. The van der Waals surface area contributed by atoms with E-state index in [-0.39, 0.29) is 11.4 Å². The standard InChI is InChI=1S/C15H19FN4/c16-12-2-1-3-13(8-12)20-14(17)18-10-15(20)5-7-19-6-4-11(15)9-19/h1-3,8,11H,4-7,9-10H2,(H2,17,18). The molecular weight excluding hydrogens is 255 g/mol. The number of hydrogen-bond donors (Lipinski definition) is 1. The van der Waals surface area contributed by atoms with Crippen LogP contribution in [0.2, 0.25) is 0 Å². The van der Waals surface area contributed by atoms with Crippen molar-refractivity contribution in [2.24, 2.45) is 16.6 Å². The first-order chi connectivity index (χ1) is 9.69. The maximum atomic E-state index is 13.6. The van der Waals surface area contributed by atoms with Gasteiger partial charge in [0.25, 0.3) is 0 Å². The lowest BCUT2D eigenvalue weighted by Gasteiger charge is -2.46. The minimum Gasteiger partial charge on any atom is -0.369 e. The Morgan fingerprint density at radius 3 is 3.10 bits per heavy atom. The highest BCUT2D eigenvalue weighted by atomic mass is 19.1. The van der Waals surface area contributed by atoms with Crippen molar-refractivity contribution in [3.05, 3.63) is 30.1 Å². The molecule has 0 amide bonds. The normalized spacial score (nSPS) is 35.6. The van der Waals surface area contributed by atoms with Crippen LogP contribution in [0.4, 0.5) is 10.1 Å². The predicted molar refractivity (Wildman–Crippen MR) is 77.3 cm³/mol. The number of hydrogen-bond acceptors (Lipinski definition) is 4. The molecule has 1 spiro atoms. The largest absolute Gasteiger partial charge is 0.369 e. The number of nitrogens with zero attached hydrogens (tertiary/aromatic N) is 3. The van der Waals surface area contributed by atoms with Crippen LogP contribution in [-0.2, 0) is 0 Å². The number of aliphatic imine (C=N–C) groups is 1. The average molecular weight is 274 g/mol. The molecule has 0 aliphatic carbocycles. The fourth-order valence-corrected chi connectivity index (χ4v) is 4.12. The van der Waals surface area contributed by atoms with Crippen LogP contribution >= 0.6 is 0 Å². The van der Waals surface area contributed by atoms with Crippen molar-refractivity contribution in [3.63, 3.8) is 0 Å². The van der Waals surface area contributed by atoms with Gasteiger partial charge in [-0.1, -0.05) is 6.07 Å². The van der Waals surface area contributed by atoms with Crippen LogP contribution in [0, 0.1) is 11.7 Å². The Balaban J connectivity index is 1.77. The van der Waals surface area contributed by atoms with Gasteiger partial charge in [0.2, 0.25) is 0 Å². The number of rotatable bonds is 1.